The fourth-order valence-corrected chi connectivity index (χ4v) is 3.09. The number of nitrogens with two attached hydrogens (primary N) is 2. The van der Waals surface area contributed by atoms with Crippen LogP contribution in [0.4, 0.5) is 13.2 Å². The van der Waals surface area contributed by atoms with Crippen molar-refractivity contribution in [3.8, 4) is 23.8 Å². The molecule has 0 unspecified atom stereocenters. The van der Waals surface area contributed by atoms with Crippen LogP contribution in [0.1, 0.15) is 63.9 Å². The molecule has 0 aliphatic carbocycles. The number of terminal acetylenes is 1. The summed E-state index contributed by atoms with van der Waals surface area (Å²) in [5.74, 6) is 7.53. The Kier molecular flexibility index (Phi) is 15.7. The van der Waals surface area contributed by atoms with Crippen molar-refractivity contribution >= 4 is 11.4 Å². The summed E-state index contributed by atoms with van der Waals surface area (Å²) in [5.41, 5.74) is 13.0. The molecule has 208 valence electrons. The predicted octanol–water partition coefficient (Wildman–Crippen LogP) is 5.88. The molecule has 1 aromatic heterocycles. The lowest BCUT2D eigenvalue weighted by Crippen LogP contribution is -2.17. The molecule has 0 bridgehead atoms. The maximum Gasteiger partial charge on any atom is 0.573 e. The van der Waals surface area contributed by atoms with Crippen LogP contribution in [0.15, 0.2) is 54.9 Å². The van der Waals surface area contributed by atoms with Gasteiger partial charge in [-0.2, -0.15) is 5.10 Å². The Balaban J connectivity index is 0.00000131. The van der Waals surface area contributed by atoms with Gasteiger partial charge in [-0.3, -0.25) is 10.6 Å². The van der Waals surface area contributed by atoms with Crippen LogP contribution in [0, 0.1) is 19.3 Å². The van der Waals surface area contributed by atoms with Gasteiger partial charge in [0.2, 0.25) is 0 Å². The zero-order valence-electron chi connectivity index (χ0n) is 22.7. The number of nitrogens with one attached hydrogen (secondary N) is 1. The Morgan fingerprint density at radius 1 is 1.29 bits per heavy atom. The van der Waals surface area contributed by atoms with Gasteiger partial charge in [0.25, 0.3) is 0 Å². The zero-order valence-corrected chi connectivity index (χ0v) is 22.7. The molecule has 2 aromatic rings. The van der Waals surface area contributed by atoms with Crippen molar-refractivity contribution in [2.24, 2.45) is 11.6 Å². The molecule has 38 heavy (non-hydrogen) atoms. The van der Waals surface area contributed by atoms with Gasteiger partial charge < -0.3 is 15.9 Å². The van der Waals surface area contributed by atoms with E-state index in [0.29, 0.717) is 11.4 Å². The number of aromatic nitrogens is 2. The number of hydrogen-bond acceptors (Lipinski definition) is 6. The molecular weight excluding hydrogens is 495 g/mol. The van der Waals surface area contributed by atoms with E-state index in [0.717, 1.165) is 48.2 Å². The Morgan fingerprint density at radius 2 is 1.84 bits per heavy atom. The van der Waals surface area contributed by atoms with Crippen LogP contribution in [0.25, 0.3) is 11.3 Å². The van der Waals surface area contributed by atoms with Gasteiger partial charge in [-0.25, -0.2) is 4.68 Å². The summed E-state index contributed by atoms with van der Waals surface area (Å²) in [6.45, 7) is 12.5. The largest absolute Gasteiger partial charge is 0.573 e. The maximum atomic E-state index is 12.4. The number of aryl methyl sites for hydroxylation is 1. The third kappa shape index (κ3) is 11.8. The van der Waals surface area contributed by atoms with Gasteiger partial charge in [0.05, 0.1) is 17.1 Å². The number of allylic oxidation sites excluding steroid dienone is 3. The minimum absolute atomic E-state index is 0.0185. The summed E-state index contributed by atoms with van der Waals surface area (Å²) in [4.78, 5) is 9.69. The number of unbranched alkanes of at least 4 members (excludes halogenated alkanes) is 1. The normalized spacial score (nSPS) is 11.3. The molecule has 0 amide bonds. The molecule has 0 aliphatic rings. The van der Waals surface area contributed by atoms with Crippen LogP contribution in [0.5, 0.6) is 5.75 Å². The minimum atomic E-state index is -4.73. The number of benzene rings is 1. The predicted molar refractivity (Wildman–Crippen MR) is 147 cm³/mol. The molecule has 10 heteroatoms. The molecule has 7 nitrogen and oxygen atoms in total. The SMILES string of the molecule is C#CCC.C/C=C(/C(N)=C/NN)c1c(CCCC)nn(-c2ccc(OC(F)(F)F)cc2)c1C.C=CC(C)=O. The van der Waals surface area contributed by atoms with Crippen molar-refractivity contribution in [3.63, 3.8) is 0 Å². The smallest absolute Gasteiger partial charge is 0.406 e. The standard InChI is InChI=1S/C20H26F3N5O.C4H6O.C4H6/c1-4-6-7-18-19(16(5-2)17(24)12-26-25)13(3)28(27-18)14-8-10-15(11-9-14)29-20(21,22)23;1-3-4(2)5;1-3-4-2/h5,8-12,26H,4,6-7,24-25H2,1-3H3;3H,1H2,2H3;1H,4H2,2H3/b16-5-,17-12-;;. The van der Waals surface area contributed by atoms with E-state index in [2.05, 4.69) is 29.6 Å². The number of halogens is 3. The van der Waals surface area contributed by atoms with Crippen molar-refractivity contribution in [2.75, 3.05) is 0 Å². The number of nitrogens with zero attached hydrogens (tertiary/aromatic N) is 2. The van der Waals surface area contributed by atoms with E-state index < -0.39 is 6.36 Å². The molecule has 0 saturated carbocycles. The molecule has 0 saturated heterocycles. The summed E-state index contributed by atoms with van der Waals surface area (Å²) in [6.07, 6.45) is 8.24. The van der Waals surface area contributed by atoms with Gasteiger partial charge in [-0.15, -0.1) is 25.5 Å². The first-order valence-corrected chi connectivity index (χ1v) is 12.0. The van der Waals surface area contributed by atoms with Crippen LogP contribution in [-0.4, -0.2) is 21.9 Å². The fraction of sp³-hybridized carbons (Fsp3) is 0.357. The topological polar surface area (TPSA) is 108 Å². The number of ether oxygens (including phenoxy) is 1. The number of rotatable bonds is 9. The second-order valence-corrected chi connectivity index (χ2v) is 7.81. The van der Waals surface area contributed by atoms with E-state index in [1.165, 1.54) is 43.5 Å². The Bertz CT molecular complexity index is 1130. The summed E-state index contributed by atoms with van der Waals surface area (Å²) in [7, 11) is 0. The first-order valence-electron chi connectivity index (χ1n) is 12.0. The second kappa shape index (κ2) is 17.5. The van der Waals surface area contributed by atoms with E-state index in [4.69, 9.17) is 23.1 Å². The van der Waals surface area contributed by atoms with Gasteiger partial charge in [0, 0.05) is 29.5 Å². The summed E-state index contributed by atoms with van der Waals surface area (Å²) < 4.78 is 42.8. The average molecular weight is 534 g/mol. The number of carbonyl (C=O) groups excluding carboxylic acids is 1. The van der Waals surface area contributed by atoms with Crippen molar-refractivity contribution in [1.82, 2.24) is 15.2 Å². The highest BCUT2D eigenvalue weighted by atomic mass is 19.4. The quantitative estimate of drug-likeness (QED) is 0.122. The highest BCUT2D eigenvalue weighted by Gasteiger charge is 2.31. The number of hydrogen-bond donors (Lipinski definition) is 3. The van der Waals surface area contributed by atoms with Crippen molar-refractivity contribution in [3.05, 3.63) is 71.8 Å². The van der Waals surface area contributed by atoms with Gasteiger partial charge in [0.1, 0.15) is 5.75 Å². The van der Waals surface area contributed by atoms with E-state index in [1.54, 1.807) is 4.68 Å². The molecule has 0 atom stereocenters. The number of alkyl halides is 3. The van der Waals surface area contributed by atoms with E-state index >= 15 is 0 Å². The molecular formula is C28H38F3N5O2. The molecule has 5 N–H and O–H groups in total. The first kappa shape index (κ1) is 34.0. The molecule has 0 spiro atoms. The number of hydrazine groups is 1. The summed E-state index contributed by atoms with van der Waals surface area (Å²) in [6, 6.07) is 5.59. The van der Waals surface area contributed by atoms with Crippen LogP contribution >= 0.6 is 0 Å². The van der Waals surface area contributed by atoms with Gasteiger partial charge >= 0.3 is 6.36 Å². The van der Waals surface area contributed by atoms with Gasteiger partial charge in [0.15, 0.2) is 5.78 Å². The molecule has 0 aliphatic heterocycles. The van der Waals surface area contributed by atoms with Crippen LogP contribution < -0.4 is 21.7 Å². The number of ketones is 1. The Labute approximate surface area is 223 Å². The first-order chi connectivity index (χ1) is 17.9. The molecule has 0 radical (unpaired) electrons. The van der Waals surface area contributed by atoms with Crippen LogP contribution in [0.2, 0.25) is 0 Å². The Morgan fingerprint density at radius 3 is 2.24 bits per heavy atom. The van der Waals surface area contributed by atoms with E-state index in [9.17, 15) is 18.0 Å². The summed E-state index contributed by atoms with van der Waals surface area (Å²) >= 11 is 0. The van der Waals surface area contributed by atoms with Crippen molar-refractivity contribution in [2.45, 2.75) is 66.7 Å². The second-order valence-electron chi connectivity index (χ2n) is 7.81. The highest BCUT2D eigenvalue weighted by molar-refractivity contribution is 5.86. The number of carbonyl (C=O) groups is 1. The lowest BCUT2D eigenvalue weighted by atomic mass is 9.98. The Hall–Kier alpha value is -3.97. The van der Waals surface area contributed by atoms with E-state index in [1.807, 2.05) is 26.8 Å². The zero-order chi connectivity index (χ0) is 29.3. The fourth-order valence-electron chi connectivity index (χ4n) is 3.09. The van der Waals surface area contributed by atoms with Crippen molar-refractivity contribution < 1.29 is 22.7 Å². The highest BCUT2D eigenvalue weighted by Crippen LogP contribution is 2.30. The summed E-state index contributed by atoms with van der Waals surface area (Å²) in [5, 5.41) is 4.71. The third-order valence-electron chi connectivity index (χ3n) is 4.87. The average Bonchev–Trinajstić information content (AvgIpc) is 3.19. The third-order valence-corrected chi connectivity index (χ3v) is 4.87. The lowest BCUT2D eigenvalue weighted by Gasteiger charge is -2.11. The monoisotopic (exact) mass is 533 g/mol. The van der Waals surface area contributed by atoms with Crippen molar-refractivity contribution in [1.29, 1.82) is 0 Å². The maximum absolute atomic E-state index is 12.4. The van der Waals surface area contributed by atoms with Crippen LogP contribution in [-0.2, 0) is 11.2 Å². The van der Waals surface area contributed by atoms with Gasteiger partial charge in [-0.05, 0) is 64.0 Å². The van der Waals surface area contributed by atoms with Crippen LogP contribution in [0.3, 0.4) is 0 Å². The molecule has 1 aromatic carbocycles. The lowest BCUT2D eigenvalue weighted by molar-refractivity contribution is -0.274. The minimum Gasteiger partial charge on any atom is -0.406 e. The van der Waals surface area contributed by atoms with E-state index in [-0.39, 0.29) is 11.5 Å². The molecule has 0 fully saturated rings. The molecule has 2 rings (SSSR count). The molecule has 1 heterocycles. The van der Waals surface area contributed by atoms with Gasteiger partial charge in [-0.1, -0.05) is 32.9 Å².